The quantitative estimate of drug-likeness (QED) is 0.0195. The van der Waals surface area contributed by atoms with Crippen LogP contribution >= 0.6 is 7.82 Å². The van der Waals surface area contributed by atoms with Gasteiger partial charge in [-0.05, 0) is 51.4 Å². The molecule has 0 N–H and O–H groups in total. The van der Waals surface area contributed by atoms with E-state index in [1.54, 1.807) is 0 Å². The van der Waals surface area contributed by atoms with Gasteiger partial charge in [0.2, 0.25) is 0 Å². The number of likely N-dealkylation sites (N-methyl/N-ethyl adjacent to an activating group) is 1. The van der Waals surface area contributed by atoms with Crippen molar-refractivity contribution in [2.75, 3.05) is 47.5 Å². The summed E-state index contributed by atoms with van der Waals surface area (Å²) < 4.78 is 34.2. The number of phosphoric acid groups is 1. The zero-order chi connectivity index (χ0) is 55.6. The molecule has 0 heterocycles. The molecule has 0 amide bonds. The highest BCUT2D eigenvalue weighted by atomic mass is 31.2. The first-order chi connectivity index (χ1) is 37.0. The van der Waals surface area contributed by atoms with Crippen molar-refractivity contribution < 1.29 is 42.1 Å². The van der Waals surface area contributed by atoms with E-state index in [1.807, 2.05) is 21.1 Å². The van der Waals surface area contributed by atoms with Crippen LogP contribution in [0.15, 0.2) is 36.5 Å². The minimum absolute atomic E-state index is 0.0324. The number of ether oxygens (including phenoxy) is 2. The molecule has 0 fully saturated rings. The number of nitrogens with zero attached hydrogens (tertiary/aromatic N) is 1. The lowest BCUT2D eigenvalue weighted by molar-refractivity contribution is -0.870. The van der Waals surface area contributed by atoms with Crippen molar-refractivity contribution in [3.63, 3.8) is 0 Å². The second kappa shape index (κ2) is 57.9. The lowest BCUT2D eigenvalue weighted by Crippen LogP contribution is -2.37. The molecule has 0 aliphatic rings. The standard InChI is InChI=1S/C66H126NO8P/c1-6-8-10-12-14-16-18-20-22-24-26-28-29-30-31-32-33-34-35-36-37-39-40-42-44-46-48-50-52-54-56-58-65(68)72-62-64(63-74-76(70,71)73-61-60-67(3,4)5)75-66(69)59-57-55-53-51-49-47-45-43-41-38-27-25-23-21-19-17-15-13-11-9-7-2/h19,21,25,27,41,43,64H,6-18,20,22-24,26,28-40,42,44-63H2,1-5H3/b21-19-,27-25-,43-41-. The Morgan fingerprint density at radius 1 is 0.408 bits per heavy atom. The Kier molecular flexibility index (Phi) is 56.6. The summed E-state index contributed by atoms with van der Waals surface area (Å²) in [6, 6.07) is 0. The average Bonchev–Trinajstić information content (AvgIpc) is 3.38. The van der Waals surface area contributed by atoms with Gasteiger partial charge >= 0.3 is 11.9 Å². The van der Waals surface area contributed by atoms with Crippen LogP contribution in [0.1, 0.15) is 322 Å². The number of quaternary nitrogens is 1. The van der Waals surface area contributed by atoms with Gasteiger partial charge < -0.3 is 27.9 Å². The van der Waals surface area contributed by atoms with Crippen LogP contribution in [0.3, 0.4) is 0 Å². The fourth-order valence-electron chi connectivity index (χ4n) is 9.61. The Morgan fingerprint density at radius 3 is 1.05 bits per heavy atom. The molecule has 0 spiro atoms. The lowest BCUT2D eigenvalue weighted by atomic mass is 10.0. The molecule has 0 aromatic heterocycles. The van der Waals surface area contributed by atoms with Crippen LogP contribution in [0, 0.1) is 0 Å². The molecule has 0 saturated heterocycles. The van der Waals surface area contributed by atoms with Gasteiger partial charge in [-0.15, -0.1) is 0 Å². The van der Waals surface area contributed by atoms with Gasteiger partial charge in [-0.1, -0.05) is 294 Å². The van der Waals surface area contributed by atoms with Crippen LogP contribution in [-0.2, 0) is 32.7 Å². The van der Waals surface area contributed by atoms with Crippen molar-refractivity contribution in [1.29, 1.82) is 0 Å². The van der Waals surface area contributed by atoms with Crippen molar-refractivity contribution in [2.24, 2.45) is 0 Å². The highest BCUT2D eigenvalue weighted by molar-refractivity contribution is 7.45. The maximum Gasteiger partial charge on any atom is 0.306 e. The number of hydrogen-bond donors (Lipinski definition) is 0. The number of phosphoric ester groups is 1. The van der Waals surface area contributed by atoms with Crippen molar-refractivity contribution in [1.82, 2.24) is 0 Å². The Hall–Kier alpha value is -1.77. The van der Waals surface area contributed by atoms with Crippen LogP contribution in [0.25, 0.3) is 0 Å². The summed E-state index contributed by atoms with van der Waals surface area (Å²) in [6.07, 6.45) is 72.2. The van der Waals surface area contributed by atoms with E-state index in [-0.39, 0.29) is 32.0 Å². The Balaban J connectivity index is 4.03. The molecule has 10 heteroatoms. The van der Waals surface area contributed by atoms with E-state index in [0.29, 0.717) is 17.4 Å². The molecule has 0 aliphatic carbocycles. The van der Waals surface area contributed by atoms with Gasteiger partial charge in [0.25, 0.3) is 7.82 Å². The summed E-state index contributed by atoms with van der Waals surface area (Å²) in [4.78, 5) is 37.9. The van der Waals surface area contributed by atoms with Crippen LogP contribution in [0.5, 0.6) is 0 Å². The number of hydrogen-bond acceptors (Lipinski definition) is 8. The average molecular weight is 1090 g/mol. The first-order valence-electron chi connectivity index (χ1n) is 32.7. The SMILES string of the molecule is CCCCCCC/C=C\C/C=C\C/C=C\CCCCCCCCC(=O)OC(COC(=O)CCCCCCCCCCCCCCCCCCCCCCCCCCCCCCCCC)COP(=O)([O-])OCC[N+](C)(C)C. The molecule has 2 unspecified atom stereocenters. The van der Waals surface area contributed by atoms with Crippen molar-refractivity contribution in [3.05, 3.63) is 36.5 Å². The van der Waals surface area contributed by atoms with E-state index in [1.165, 1.54) is 218 Å². The van der Waals surface area contributed by atoms with Crippen molar-refractivity contribution in [3.8, 4) is 0 Å². The van der Waals surface area contributed by atoms with E-state index >= 15 is 0 Å². The van der Waals surface area contributed by atoms with E-state index in [4.69, 9.17) is 18.5 Å². The molecular formula is C66H126NO8P. The van der Waals surface area contributed by atoms with Crippen molar-refractivity contribution >= 4 is 19.8 Å². The number of allylic oxidation sites excluding steroid dienone is 6. The summed E-state index contributed by atoms with van der Waals surface area (Å²) in [5, 5.41) is 0. The van der Waals surface area contributed by atoms with E-state index in [2.05, 4.69) is 50.3 Å². The summed E-state index contributed by atoms with van der Waals surface area (Å²) in [7, 11) is 1.17. The molecule has 0 bridgehead atoms. The number of unbranched alkanes of at least 4 members (excludes halogenated alkanes) is 41. The van der Waals surface area contributed by atoms with Crippen LogP contribution in [0.4, 0.5) is 0 Å². The predicted molar refractivity (Wildman–Crippen MR) is 324 cm³/mol. The van der Waals surface area contributed by atoms with Gasteiger partial charge in [-0.3, -0.25) is 14.2 Å². The molecule has 0 aromatic rings. The topological polar surface area (TPSA) is 111 Å². The van der Waals surface area contributed by atoms with Gasteiger partial charge in [0, 0.05) is 12.8 Å². The Morgan fingerprint density at radius 2 is 0.711 bits per heavy atom. The number of rotatable bonds is 61. The zero-order valence-electron chi connectivity index (χ0n) is 51.0. The third-order valence-corrected chi connectivity index (χ3v) is 15.6. The molecule has 0 rings (SSSR count). The third kappa shape index (κ3) is 61.4. The smallest absolute Gasteiger partial charge is 0.306 e. The maximum absolute atomic E-state index is 12.8. The second-order valence-corrected chi connectivity index (χ2v) is 24.9. The monoisotopic (exact) mass is 1090 g/mol. The largest absolute Gasteiger partial charge is 0.756 e. The summed E-state index contributed by atoms with van der Waals surface area (Å²) in [6.45, 7) is 4.27. The van der Waals surface area contributed by atoms with Gasteiger partial charge in [0.1, 0.15) is 19.8 Å². The summed E-state index contributed by atoms with van der Waals surface area (Å²) >= 11 is 0. The van der Waals surface area contributed by atoms with Gasteiger partial charge in [0.05, 0.1) is 27.7 Å². The fraction of sp³-hybridized carbons (Fsp3) is 0.879. The van der Waals surface area contributed by atoms with E-state index in [0.717, 1.165) is 70.6 Å². The molecule has 76 heavy (non-hydrogen) atoms. The number of carbonyl (C=O) groups is 2. The molecule has 0 aliphatic heterocycles. The fourth-order valence-corrected chi connectivity index (χ4v) is 10.3. The van der Waals surface area contributed by atoms with E-state index in [9.17, 15) is 19.0 Å². The minimum atomic E-state index is -4.64. The van der Waals surface area contributed by atoms with Crippen LogP contribution < -0.4 is 4.89 Å². The minimum Gasteiger partial charge on any atom is -0.756 e. The number of esters is 2. The zero-order valence-corrected chi connectivity index (χ0v) is 51.9. The van der Waals surface area contributed by atoms with E-state index < -0.39 is 26.5 Å². The molecule has 9 nitrogen and oxygen atoms in total. The van der Waals surface area contributed by atoms with Gasteiger partial charge in [-0.2, -0.15) is 0 Å². The Bertz CT molecular complexity index is 1380. The molecular weight excluding hydrogens is 966 g/mol. The van der Waals surface area contributed by atoms with Crippen molar-refractivity contribution in [2.45, 2.75) is 328 Å². The van der Waals surface area contributed by atoms with Gasteiger partial charge in [-0.25, -0.2) is 0 Å². The Labute approximate surface area is 471 Å². The van der Waals surface area contributed by atoms with Gasteiger partial charge in [0.15, 0.2) is 6.10 Å². The van der Waals surface area contributed by atoms with Crippen LogP contribution in [-0.4, -0.2) is 70.0 Å². The second-order valence-electron chi connectivity index (χ2n) is 23.5. The molecule has 0 aromatic carbocycles. The molecule has 0 saturated carbocycles. The first-order valence-corrected chi connectivity index (χ1v) is 34.2. The molecule has 448 valence electrons. The molecule has 0 radical (unpaired) electrons. The highest BCUT2D eigenvalue weighted by Gasteiger charge is 2.22. The predicted octanol–water partition coefficient (Wildman–Crippen LogP) is 20.1. The van der Waals surface area contributed by atoms with Crippen LogP contribution in [0.2, 0.25) is 0 Å². The summed E-state index contributed by atoms with van der Waals surface area (Å²) in [5.74, 6) is -0.833. The normalized spacial score (nSPS) is 13.4. The molecule has 2 atom stereocenters. The first kappa shape index (κ1) is 74.2. The maximum atomic E-state index is 12.8. The highest BCUT2D eigenvalue weighted by Crippen LogP contribution is 2.38. The third-order valence-electron chi connectivity index (χ3n) is 14.7. The summed E-state index contributed by atoms with van der Waals surface area (Å²) in [5.41, 5.74) is 0. The number of carbonyl (C=O) groups excluding carboxylic acids is 2. The lowest BCUT2D eigenvalue weighted by Gasteiger charge is -2.28.